The molecule has 0 spiro atoms. The molecule has 1 aliphatic rings. The highest BCUT2D eigenvalue weighted by atomic mass is 16.5. The molecule has 0 saturated carbocycles. The number of esters is 1. The average Bonchev–Trinajstić information content (AvgIpc) is 2.43. The second-order valence-corrected chi connectivity index (χ2v) is 3.42. The van der Waals surface area contributed by atoms with Gasteiger partial charge in [-0.05, 0) is 20.4 Å². The fraction of sp³-hybridized carbons (Fsp3) is 0.778. The summed E-state index contributed by atoms with van der Waals surface area (Å²) in [7, 11) is 3.23. The number of likely N-dealkylation sites (tertiary alicyclic amines) is 1. The molecule has 1 saturated heterocycles. The molecule has 1 fully saturated rings. The standard InChI is InChI=1S/C9H14N2O2/c1-6-7(5-10)4-8(11(6)2)9(12)13-3/h6-8H,4H2,1-3H3/t6-,7-,8+/m0/s1. The van der Waals surface area contributed by atoms with Gasteiger partial charge in [0.2, 0.25) is 0 Å². The topological polar surface area (TPSA) is 53.3 Å². The molecule has 0 aromatic carbocycles. The summed E-state index contributed by atoms with van der Waals surface area (Å²) >= 11 is 0. The van der Waals surface area contributed by atoms with Crippen LogP contribution in [-0.4, -0.2) is 37.1 Å². The maximum Gasteiger partial charge on any atom is 0.323 e. The van der Waals surface area contributed by atoms with Crippen LogP contribution >= 0.6 is 0 Å². The van der Waals surface area contributed by atoms with E-state index in [1.165, 1.54) is 7.11 Å². The monoisotopic (exact) mass is 182 g/mol. The van der Waals surface area contributed by atoms with Crippen molar-refractivity contribution in [3.8, 4) is 6.07 Å². The van der Waals surface area contributed by atoms with Crippen molar-refractivity contribution in [3.05, 3.63) is 0 Å². The summed E-state index contributed by atoms with van der Waals surface area (Å²) in [5.74, 6) is -0.304. The molecule has 72 valence electrons. The van der Waals surface area contributed by atoms with E-state index in [1.54, 1.807) is 0 Å². The first-order valence-electron chi connectivity index (χ1n) is 4.31. The summed E-state index contributed by atoms with van der Waals surface area (Å²) < 4.78 is 4.66. The molecule has 0 N–H and O–H groups in total. The molecule has 13 heavy (non-hydrogen) atoms. The van der Waals surface area contributed by atoms with Gasteiger partial charge in [-0.15, -0.1) is 0 Å². The largest absolute Gasteiger partial charge is 0.468 e. The zero-order valence-corrected chi connectivity index (χ0v) is 8.15. The van der Waals surface area contributed by atoms with Gasteiger partial charge in [0.25, 0.3) is 0 Å². The van der Waals surface area contributed by atoms with E-state index in [4.69, 9.17) is 5.26 Å². The van der Waals surface area contributed by atoms with Crippen LogP contribution in [0.4, 0.5) is 0 Å². The van der Waals surface area contributed by atoms with Crippen LogP contribution in [0.5, 0.6) is 0 Å². The maximum atomic E-state index is 11.3. The van der Waals surface area contributed by atoms with Gasteiger partial charge in [-0.1, -0.05) is 0 Å². The number of rotatable bonds is 1. The number of methoxy groups -OCH3 is 1. The molecule has 0 amide bonds. The van der Waals surface area contributed by atoms with Gasteiger partial charge in [0.15, 0.2) is 0 Å². The fourth-order valence-electron chi connectivity index (χ4n) is 1.73. The van der Waals surface area contributed by atoms with Crippen LogP contribution in [0.2, 0.25) is 0 Å². The minimum Gasteiger partial charge on any atom is -0.468 e. The van der Waals surface area contributed by atoms with Crippen LogP contribution < -0.4 is 0 Å². The SMILES string of the molecule is COC(=O)[C@H]1C[C@@H](C#N)[C@H](C)N1C. The molecule has 0 bridgehead atoms. The van der Waals surface area contributed by atoms with E-state index in [2.05, 4.69) is 10.8 Å². The quantitative estimate of drug-likeness (QED) is 0.550. The zero-order valence-electron chi connectivity index (χ0n) is 8.15. The highest BCUT2D eigenvalue weighted by Crippen LogP contribution is 2.28. The molecule has 4 nitrogen and oxygen atoms in total. The number of carbonyl (C=O) groups is 1. The summed E-state index contributed by atoms with van der Waals surface area (Å²) in [5.41, 5.74) is 0. The Morgan fingerprint density at radius 3 is 2.69 bits per heavy atom. The second-order valence-electron chi connectivity index (χ2n) is 3.42. The lowest BCUT2D eigenvalue weighted by molar-refractivity contribution is -0.145. The van der Waals surface area contributed by atoms with Crippen LogP contribution in [0.25, 0.3) is 0 Å². The molecule has 0 aromatic rings. The van der Waals surface area contributed by atoms with Gasteiger partial charge in [0, 0.05) is 6.04 Å². The Morgan fingerprint density at radius 1 is 1.69 bits per heavy atom. The predicted molar refractivity (Wildman–Crippen MR) is 46.7 cm³/mol. The number of hydrogen-bond donors (Lipinski definition) is 0. The Morgan fingerprint density at radius 2 is 2.31 bits per heavy atom. The molecular formula is C9H14N2O2. The normalized spacial score (nSPS) is 34.2. The fourth-order valence-corrected chi connectivity index (χ4v) is 1.73. The van der Waals surface area contributed by atoms with Gasteiger partial charge < -0.3 is 4.74 Å². The number of likely N-dealkylation sites (N-methyl/N-ethyl adjacent to an activating group) is 1. The highest BCUT2D eigenvalue weighted by Gasteiger charge is 2.40. The van der Waals surface area contributed by atoms with Gasteiger partial charge >= 0.3 is 5.97 Å². The molecule has 0 radical (unpaired) electrons. The van der Waals surface area contributed by atoms with Crippen molar-refractivity contribution in [3.63, 3.8) is 0 Å². The van der Waals surface area contributed by atoms with Crippen molar-refractivity contribution in [1.29, 1.82) is 5.26 Å². The van der Waals surface area contributed by atoms with E-state index in [0.29, 0.717) is 6.42 Å². The first kappa shape index (κ1) is 10.0. The van der Waals surface area contributed by atoms with Gasteiger partial charge in [-0.3, -0.25) is 9.69 Å². The number of nitrogens with zero attached hydrogens (tertiary/aromatic N) is 2. The minimum atomic E-state index is -0.246. The molecule has 0 aromatic heterocycles. The second kappa shape index (κ2) is 3.75. The molecule has 0 aliphatic carbocycles. The van der Waals surface area contributed by atoms with Crippen LogP contribution in [0.3, 0.4) is 0 Å². The van der Waals surface area contributed by atoms with E-state index >= 15 is 0 Å². The first-order chi connectivity index (χ1) is 6.11. The third-order valence-electron chi connectivity index (χ3n) is 2.83. The smallest absolute Gasteiger partial charge is 0.323 e. The molecule has 1 heterocycles. The summed E-state index contributed by atoms with van der Waals surface area (Å²) in [4.78, 5) is 13.2. The Labute approximate surface area is 78.1 Å². The molecular weight excluding hydrogens is 168 g/mol. The van der Waals surface area contributed by atoms with Crippen LogP contribution in [0.1, 0.15) is 13.3 Å². The predicted octanol–water partition coefficient (Wildman–Crippen LogP) is 0.392. The van der Waals surface area contributed by atoms with Crippen LogP contribution in [0.15, 0.2) is 0 Å². The third-order valence-corrected chi connectivity index (χ3v) is 2.83. The average molecular weight is 182 g/mol. The summed E-state index contributed by atoms with van der Waals surface area (Å²) in [6.45, 7) is 1.96. The lowest BCUT2D eigenvalue weighted by atomic mass is 10.0. The molecule has 1 rings (SSSR count). The van der Waals surface area contributed by atoms with Crippen molar-refractivity contribution < 1.29 is 9.53 Å². The third kappa shape index (κ3) is 1.65. The van der Waals surface area contributed by atoms with E-state index in [9.17, 15) is 4.79 Å². The number of nitriles is 1. The molecule has 3 atom stereocenters. The molecule has 0 unspecified atom stereocenters. The van der Waals surface area contributed by atoms with Gasteiger partial charge in [0.05, 0.1) is 19.1 Å². The van der Waals surface area contributed by atoms with Crippen LogP contribution in [-0.2, 0) is 9.53 Å². The van der Waals surface area contributed by atoms with Crippen molar-refractivity contribution >= 4 is 5.97 Å². The van der Waals surface area contributed by atoms with Crippen molar-refractivity contribution in [2.75, 3.05) is 14.2 Å². The summed E-state index contributed by atoms with van der Waals surface area (Å²) in [6, 6.07) is 2.09. The number of ether oxygens (including phenoxy) is 1. The van der Waals surface area contributed by atoms with E-state index in [1.807, 2.05) is 18.9 Å². The summed E-state index contributed by atoms with van der Waals surface area (Å²) in [6.07, 6.45) is 0.584. The Hall–Kier alpha value is -1.08. The Balaban J connectivity index is 2.72. The van der Waals surface area contributed by atoms with E-state index in [-0.39, 0.29) is 24.0 Å². The lowest BCUT2D eigenvalue weighted by Crippen LogP contribution is -2.37. The Bertz CT molecular complexity index is 246. The van der Waals surface area contributed by atoms with E-state index in [0.717, 1.165) is 0 Å². The van der Waals surface area contributed by atoms with Crippen LogP contribution in [0, 0.1) is 17.2 Å². The van der Waals surface area contributed by atoms with Crippen molar-refractivity contribution in [1.82, 2.24) is 4.90 Å². The molecule has 1 aliphatic heterocycles. The first-order valence-corrected chi connectivity index (χ1v) is 4.31. The highest BCUT2D eigenvalue weighted by molar-refractivity contribution is 5.76. The minimum absolute atomic E-state index is 0.0610. The van der Waals surface area contributed by atoms with Crippen molar-refractivity contribution in [2.45, 2.75) is 25.4 Å². The number of carbonyl (C=O) groups excluding carboxylic acids is 1. The zero-order chi connectivity index (χ0) is 10.0. The maximum absolute atomic E-state index is 11.3. The number of hydrogen-bond acceptors (Lipinski definition) is 4. The molecule has 4 heteroatoms. The van der Waals surface area contributed by atoms with Crippen molar-refractivity contribution in [2.24, 2.45) is 5.92 Å². The summed E-state index contributed by atoms with van der Waals surface area (Å²) in [5, 5.41) is 8.80. The lowest BCUT2D eigenvalue weighted by Gasteiger charge is -2.20. The van der Waals surface area contributed by atoms with Gasteiger partial charge in [-0.2, -0.15) is 5.26 Å². The van der Waals surface area contributed by atoms with Gasteiger partial charge in [0.1, 0.15) is 6.04 Å². The Kier molecular flexibility index (Phi) is 2.89. The van der Waals surface area contributed by atoms with E-state index < -0.39 is 0 Å². The van der Waals surface area contributed by atoms with Gasteiger partial charge in [-0.25, -0.2) is 0 Å².